The van der Waals surface area contributed by atoms with Crippen molar-refractivity contribution in [2.45, 2.75) is 35.4 Å². The molecule has 9 heteroatoms. The molecular weight excluding hydrogens is 434 g/mol. The summed E-state index contributed by atoms with van der Waals surface area (Å²) in [5, 5.41) is 10.4. The van der Waals surface area contributed by atoms with E-state index in [0.717, 1.165) is 15.8 Å². The number of carboxylic acid groups (broad SMARTS) is 1. The Kier molecular flexibility index (Phi) is 5.63. The Balaban J connectivity index is 1.70. The van der Waals surface area contributed by atoms with Gasteiger partial charge in [-0.25, -0.2) is 12.4 Å². The van der Waals surface area contributed by atoms with Crippen molar-refractivity contribution in [3.05, 3.63) is 67.4 Å². The van der Waals surface area contributed by atoms with Crippen LogP contribution in [0, 0.1) is 0 Å². The highest BCUT2D eigenvalue weighted by atomic mass is 32.2. The van der Waals surface area contributed by atoms with E-state index in [-0.39, 0.29) is 11.4 Å². The van der Waals surface area contributed by atoms with Gasteiger partial charge >= 0.3 is 5.97 Å². The molecule has 0 radical (unpaired) electrons. The van der Waals surface area contributed by atoms with Crippen LogP contribution in [0.15, 0.2) is 77.2 Å². The van der Waals surface area contributed by atoms with Crippen molar-refractivity contribution >= 4 is 38.7 Å². The van der Waals surface area contributed by atoms with Crippen LogP contribution in [0.1, 0.15) is 13.8 Å². The summed E-state index contributed by atoms with van der Waals surface area (Å²) in [7, 11) is -3.74. The van der Waals surface area contributed by atoms with Gasteiger partial charge in [-0.15, -0.1) is 11.8 Å². The van der Waals surface area contributed by atoms with Gasteiger partial charge in [-0.3, -0.25) is 9.78 Å². The Morgan fingerprint density at radius 3 is 2.55 bits per heavy atom. The van der Waals surface area contributed by atoms with Crippen molar-refractivity contribution in [3.63, 3.8) is 0 Å². The average molecular weight is 456 g/mol. The van der Waals surface area contributed by atoms with E-state index in [1.807, 2.05) is 12.1 Å². The SMILES string of the molecule is CC(C)Sc1ccc(S(=O)(=O)n2ccc(-c3cn(CC(=O)O)c4cnccc34)c2)cc1. The van der Waals surface area contributed by atoms with Crippen LogP contribution in [0.5, 0.6) is 0 Å². The number of carboxylic acids is 1. The summed E-state index contributed by atoms with van der Waals surface area (Å²) in [5.74, 6) is -0.966. The first-order chi connectivity index (χ1) is 14.8. The maximum absolute atomic E-state index is 13.1. The second kappa shape index (κ2) is 8.24. The molecule has 0 saturated heterocycles. The van der Waals surface area contributed by atoms with E-state index in [2.05, 4.69) is 18.8 Å². The molecule has 4 aromatic rings. The minimum absolute atomic E-state index is 0.206. The van der Waals surface area contributed by atoms with Gasteiger partial charge < -0.3 is 9.67 Å². The molecule has 3 aromatic heterocycles. The van der Waals surface area contributed by atoms with Gasteiger partial charge in [0.05, 0.1) is 16.6 Å². The summed E-state index contributed by atoms with van der Waals surface area (Å²) in [6.07, 6.45) is 7.99. The smallest absolute Gasteiger partial charge is 0.323 e. The fourth-order valence-corrected chi connectivity index (χ4v) is 5.45. The van der Waals surface area contributed by atoms with Crippen molar-refractivity contribution in [1.82, 2.24) is 13.5 Å². The standard InChI is InChI=1S/C22H21N3O4S2/c1-15(2)30-17-3-5-18(6-4-17)31(28,29)25-10-8-16(12-25)20-13-24(14-22(26)27)21-11-23-9-7-19(20)21/h3-13,15H,14H2,1-2H3,(H,26,27). The molecule has 0 amide bonds. The third-order valence-corrected chi connectivity index (χ3v) is 7.41. The van der Waals surface area contributed by atoms with E-state index in [1.54, 1.807) is 65.4 Å². The van der Waals surface area contributed by atoms with Crippen LogP contribution in [0.25, 0.3) is 22.0 Å². The number of benzene rings is 1. The number of aliphatic carboxylic acids is 1. The number of rotatable bonds is 7. The quantitative estimate of drug-likeness (QED) is 0.417. The van der Waals surface area contributed by atoms with Gasteiger partial charge in [-0.05, 0) is 36.4 Å². The molecule has 4 rings (SSSR count). The summed E-state index contributed by atoms with van der Waals surface area (Å²) in [5.41, 5.74) is 2.10. The van der Waals surface area contributed by atoms with E-state index in [1.165, 1.54) is 10.2 Å². The molecule has 0 aliphatic rings. The Hall–Kier alpha value is -3.04. The highest BCUT2D eigenvalue weighted by molar-refractivity contribution is 7.99. The Labute approximate surface area is 184 Å². The third-order valence-electron chi connectivity index (χ3n) is 4.74. The van der Waals surface area contributed by atoms with Crippen molar-refractivity contribution < 1.29 is 18.3 Å². The average Bonchev–Trinajstić information content (AvgIpc) is 3.34. The maximum atomic E-state index is 13.1. The van der Waals surface area contributed by atoms with Crippen molar-refractivity contribution in [2.75, 3.05) is 0 Å². The number of fused-ring (bicyclic) bond motifs is 1. The topological polar surface area (TPSA) is 94.2 Å². The number of aromatic nitrogens is 3. The van der Waals surface area contributed by atoms with Gasteiger partial charge in [0.1, 0.15) is 6.54 Å². The summed E-state index contributed by atoms with van der Waals surface area (Å²) in [6.45, 7) is 3.96. The van der Waals surface area contributed by atoms with Crippen molar-refractivity contribution in [2.24, 2.45) is 0 Å². The first kappa shape index (κ1) is 21.2. The zero-order chi connectivity index (χ0) is 22.2. The highest BCUT2D eigenvalue weighted by Crippen LogP contribution is 2.32. The van der Waals surface area contributed by atoms with E-state index in [9.17, 15) is 18.3 Å². The molecule has 3 heterocycles. The van der Waals surface area contributed by atoms with Crippen LogP contribution in [-0.2, 0) is 21.4 Å². The molecule has 1 N–H and O–H groups in total. The number of hydrogen-bond donors (Lipinski definition) is 1. The lowest BCUT2D eigenvalue weighted by molar-refractivity contribution is -0.137. The molecular formula is C22H21N3O4S2. The van der Waals surface area contributed by atoms with Crippen LogP contribution >= 0.6 is 11.8 Å². The van der Waals surface area contributed by atoms with E-state index in [0.29, 0.717) is 16.3 Å². The Bertz CT molecular complexity index is 1350. The van der Waals surface area contributed by atoms with Crippen LogP contribution in [0.2, 0.25) is 0 Å². The van der Waals surface area contributed by atoms with E-state index < -0.39 is 16.0 Å². The van der Waals surface area contributed by atoms with Gasteiger partial charge in [0.2, 0.25) is 0 Å². The molecule has 0 saturated carbocycles. The van der Waals surface area contributed by atoms with Gasteiger partial charge in [-0.2, -0.15) is 0 Å². The molecule has 160 valence electrons. The van der Waals surface area contributed by atoms with Gasteiger partial charge in [0.15, 0.2) is 0 Å². The largest absolute Gasteiger partial charge is 0.480 e. The van der Waals surface area contributed by atoms with E-state index in [4.69, 9.17) is 0 Å². The van der Waals surface area contributed by atoms with Gasteiger partial charge in [-0.1, -0.05) is 13.8 Å². The molecule has 0 aliphatic carbocycles. The second-order valence-electron chi connectivity index (χ2n) is 7.33. The second-order valence-corrected chi connectivity index (χ2v) is 10.8. The number of hydrogen-bond acceptors (Lipinski definition) is 5. The van der Waals surface area contributed by atoms with E-state index >= 15 is 0 Å². The fraction of sp³-hybridized carbons (Fsp3) is 0.182. The predicted octanol–water partition coefficient (Wildman–Crippen LogP) is 4.33. The number of carbonyl (C=O) groups is 1. The third kappa shape index (κ3) is 4.24. The minimum atomic E-state index is -3.74. The molecule has 1 aromatic carbocycles. The summed E-state index contributed by atoms with van der Waals surface area (Å²) in [6, 6.07) is 10.4. The highest BCUT2D eigenvalue weighted by Gasteiger charge is 2.19. The number of pyridine rings is 1. The van der Waals surface area contributed by atoms with Crippen LogP contribution in [-0.4, -0.2) is 38.3 Å². The lowest BCUT2D eigenvalue weighted by Crippen LogP contribution is -2.10. The molecule has 0 spiro atoms. The lowest BCUT2D eigenvalue weighted by Gasteiger charge is -2.08. The molecule has 0 aliphatic heterocycles. The summed E-state index contributed by atoms with van der Waals surface area (Å²) < 4.78 is 29.0. The normalized spacial score (nSPS) is 12.0. The maximum Gasteiger partial charge on any atom is 0.323 e. The van der Waals surface area contributed by atoms with Gasteiger partial charge in [0.25, 0.3) is 10.0 Å². The molecule has 0 atom stereocenters. The van der Waals surface area contributed by atoms with Crippen molar-refractivity contribution in [3.8, 4) is 11.1 Å². The molecule has 31 heavy (non-hydrogen) atoms. The van der Waals surface area contributed by atoms with Crippen LogP contribution in [0.4, 0.5) is 0 Å². The number of thioether (sulfide) groups is 1. The Morgan fingerprint density at radius 1 is 1.13 bits per heavy atom. The Morgan fingerprint density at radius 2 is 1.87 bits per heavy atom. The van der Waals surface area contributed by atoms with Crippen LogP contribution < -0.4 is 0 Å². The molecule has 7 nitrogen and oxygen atoms in total. The van der Waals surface area contributed by atoms with Crippen molar-refractivity contribution in [1.29, 1.82) is 0 Å². The zero-order valence-corrected chi connectivity index (χ0v) is 18.6. The first-order valence-electron chi connectivity index (χ1n) is 9.61. The summed E-state index contributed by atoms with van der Waals surface area (Å²) in [4.78, 5) is 16.5. The minimum Gasteiger partial charge on any atom is -0.480 e. The first-order valence-corrected chi connectivity index (χ1v) is 11.9. The predicted molar refractivity (Wildman–Crippen MR) is 121 cm³/mol. The molecule has 0 bridgehead atoms. The van der Waals surface area contributed by atoms with Crippen LogP contribution in [0.3, 0.4) is 0 Å². The molecule has 0 unspecified atom stereocenters. The lowest BCUT2D eigenvalue weighted by atomic mass is 10.1. The monoisotopic (exact) mass is 455 g/mol. The molecule has 0 fully saturated rings. The summed E-state index contributed by atoms with van der Waals surface area (Å²) >= 11 is 1.67. The zero-order valence-electron chi connectivity index (χ0n) is 17.0. The van der Waals surface area contributed by atoms with Gasteiger partial charge in [0, 0.05) is 51.4 Å². The number of nitrogens with zero attached hydrogens (tertiary/aromatic N) is 3. The fourth-order valence-electron chi connectivity index (χ4n) is 3.41.